The zero-order valence-electron chi connectivity index (χ0n) is 16.2. The molecule has 27 heavy (non-hydrogen) atoms. The molecule has 2 aromatic carbocycles. The van der Waals surface area contributed by atoms with Crippen molar-refractivity contribution in [2.45, 2.75) is 44.6 Å². The van der Waals surface area contributed by atoms with Crippen molar-refractivity contribution >= 4 is 21.4 Å². The molecule has 1 heterocycles. The Bertz CT molecular complexity index is 846. The molecule has 1 aliphatic rings. The quantitative estimate of drug-likeness (QED) is 0.791. The molecule has 0 bridgehead atoms. The van der Waals surface area contributed by atoms with Gasteiger partial charge in [-0.2, -0.15) is 0 Å². The Morgan fingerprint density at radius 2 is 1.74 bits per heavy atom. The molecule has 1 saturated heterocycles. The van der Waals surface area contributed by atoms with Crippen LogP contribution in [0.25, 0.3) is 0 Å². The van der Waals surface area contributed by atoms with E-state index in [1.807, 2.05) is 38.1 Å². The number of hydrogen-bond donors (Lipinski definition) is 1. The topological polar surface area (TPSA) is 58.6 Å². The normalized spacial score (nSPS) is 17.8. The predicted molar refractivity (Wildman–Crippen MR) is 110 cm³/mol. The average molecular weight is 389 g/mol. The first-order valence-corrected chi connectivity index (χ1v) is 11.0. The minimum absolute atomic E-state index is 0.0481. The van der Waals surface area contributed by atoms with Gasteiger partial charge >= 0.3 is 0 Å². The van der Waals surface area contributed by atoms with E-state index in [-0.39, 0.29) is 11.0 Å². The van der Waals surface area contributed by atoms with Crippen LogP contribution in [0.5, 0.6) is 5.75 Å². The first-order chi connectivity index (χ1) is 12.8. The van der Waals surface area contributed by atoms with E-state index in [0.29, 0.717) is 17.4 Å². The Morgan fingerprint density at radius 3 is 2.33 bits per heavy atom. The van der Waals surface area contributed by atoms with Gasteiger partial charge in [-0.15, -0.1) is 0 Å². The van der Waals surface area contributed by atoms with Crippen LogP contribution in [0.1, 0.15) is 33.6 Å². The summed E-state index contributed by atoms with van der Waals surface area (Å²) in [6.45, 7) is 8.24. The van der Waals surface area contributed by atoms with E-state index in [0.717, 1.165) is 18.8 Å². The second-order valence-corrected chi connectivity index (χ2v) is 9.17. The monoisotopic (exact) mass is 388 g/mol. The highest BCUT2D eigenvalue weighted by atomic mass is 32.2. The fraction of sp³-hybridized carbons (Fsp3) is 0.429. The zero-order valence-corrected chi connectivity index (χ0v) is 17.0. The highest BCUT2D eigenvalue weighted by Gasteiger charge is 2.18. The second kappa shape index (κ2) is 8.21. The third-order valence-electron chi connectivity index (χ3n) is 4.65. The van der Waals surface area contributed by atoms with Gasteiger partial charge in [0, 0.05) is 24.5 Å². The number of nitrogens with one attached hydrogen (secondary N) is 1. The largest absolute Gasteiger partial charge is 0.491 e. The maximum absolute atomic E-state index is 12.6. The summed E-state index contributed by atoms with van der Waals surface area (Å²) in [6.07, 6.45) is 2.52. The van der Waals surface area contributed by atoms with Crippen LogP contribution in [-0.4, -0.2) is 27.6 Å². The molecule has 0 radical (unpaired) electrons. The minimum atomic E-state index is -3.62. The van der Waals surface area contributed by atoms with Crippen LogP contribution >= 0.6 is 0 Å². The van der Waals surface area contributed by atoms with Crippen LogP contribution < -0.4 is 14.4 Å². The second-order valence-electron chi connectivity index (χ2n) is 7.48. The highest BCUT2D eigenvalue weighted by Crippen LogP contribution is 2.25. The molecule has 1 fully saturated rings. The molecule has 0 spiro atoms. The van der Waals surface area contributed by atoms with Crippen LogP contribution in [-0.2, 0) is 10.0 Å². The van der Waals surface area contributed by atoms with Gasteiger partial charge < -0.3 is 9.64 Å². The summed E-state index contributed by atoms with van der Waals surface area (Å²) in [5, 5.41) is 0. The van der Waals surface area contributed by atoms with E-state index in [2.05, 4.69) is 16.5 Å². The van der Waals surface area contributed by atoms with E-state index in [4.69, 9.17) is 4.74 Å². The van der Waals surface area contributed by atoms with E-state index in [1.54, 1.807) is 24.3 Å². The van der Waals surface area contributed by atoms with E-state index in [1.165, 1.54) is 12.8 Å². The first-order valence-electron chi connectivity index (χ1n) is 9.48. The van der Waals surface area contributed by atoms with Gasteiger partial charge in [0.1, 0.15) is 5.75 Å². The summed E-state index contributed by atoms with van der Waals surface area (Å²) in [5.41, 5.74) is 1.70. The van der Waals surface area contributed by atoms with Gasteiger partial charge in [-0.05, 0) is 81.1 Å². The van der Waals surface area contributed by atoms with Crippen molar-refractivity contribution in [1.29, 1.82) is 0 Å². The third kappa shape index (κ3) is 5.16. The lowest BCUT2D eigenvalue weighted by Crippen LogP contribution is -2.34. The van der Waals surface area contributed by atoms with Crippen LogP contribution in [0.3, 0.4) is 0 Å². The fourth-order valence-electron chi connectivity index (χ4n) is 3.35. The maximum Gasteiger partial charge on any atom is 0.261 e. The van der Waals surface area contributed by atoms with Crippen molar-refractivity contribution in [1.82, 2.24) is 0 Å². The van der Waals surface area contributed by atoms with Gasteiger partial charge in [-0.3, -0.25) is 4.72 Å². The Hall–Kier alpha value is -2.21. The molecular weight excluding hydrogens is 360 g/mol. The van der Waals surface area contributed by atoms with Crippen molar-refractivity contribution in [2.75, 3.05) is 22.7 Å². The number of hydrogen-bond acceptors (Lipinski definition) is 4. The number of rotatable bonds is 6. The molecule has 6 heteroatoms. The molecule has 3 rings (SSSR count). The number of sulfonamides is 1. The molecule has 1 unspecified atom stereocenters. The predicted octanol–water partition coefficient (Wildman–Crippen LogP) is 4.51. The molecule has 0 saturated carbocycles. The fourth-order valence-corrected chi connectivity index (χ4v) is 4.41. The Balaban J connectivity index is 1.68. The Labute approximate surface area is 162 Å². The molecular formula is C21H28N2O3S. The average Bonchev–Trinajstić information content (AvgIpc) is 2.62. The van der Waals surface area contributed by atoms with E-state index < -0.39 is 10.0 Å². The Morgan fingerprint density at radius 1 is 1.07 bits per heavy atom. The molecule has 0 amide bonds. The van der Waals surface area contributed by atoms with Gasteiger partial charge in [0.15, 0.2) is 0 Å². The number of anilines is 2. The Kier molecular flexibility index (Phi) is 5.95. The summed E-state index contributed by atoms with van der Waals surface area (Å²) in [5.74, 6) is 1.35. The van der Waals surface area contributed by atoms with Gasteiger partial charge in [0.2, 0.25) is 0 Å². The van der Waals surface area contributed by atoms with Crippen LogP contribution in [0.15, 0.2) is 53.4 Å². The molecule has 0 aliphatic carbocycles. The molecule has 1 aliphatic heterocycles. The van der Waals surface area contributed by atoms with Crippen molar-refractivity contribution < 1.29 is 13.2 Å². The lowest BCUT2D eigenvalue weighted by atomic mass is 10.00. The van der Waals surface area contributed by atoms with Gasteiger partial charge in [-0.1, -0.05) is 6.92 Å². The van der Waals surface area contributed by atoms with Gasteiger partial charge in [0.05, 0.1) is 11.0 Å². The molecule has 146 valence electrons. The summed E-state index contributed by atoms with van der Waals surface area (Å²) in [4.78, 5) is 2.58. The third-order valence-corrected chi connectivity index (χ3v) is 6.04. The lowest BCUT2D eigenvalue weighted by molar-refractivity contribution is 0.242. The van der Waals surface area contributed by atoms with Crippen molar-refractivity contribution in [3.63, 3.8) is 0 Å². The summed E-state index contributed by atoms with van der Waals surface area (Å²) in [7, 11) is -3.62. The molecule has 1 N–H and O–H groups in total. The van der Waals surface area contributed by atoms with Crippen LogP contribution in [0.4, 0.5) is 11.4 Å². The maximum atomic E-state index is 12.6. The number of ether oxygens (including phenoxy) is 1. The number of benzene rings is 2. The first kappa shape index (κ1) is 19.5. The van der Waals surface area contributed by atoms with E-state index >= 15 is 0 Å². The van der Waals surface area contributed by atoms with Crippen molar-refractivity contribution in [2.24, 2.45) is 5.92 Å². The lowest BCUT2D eigenvalue weighted by Gasteiger charge is -2.32. The highest BCUT2D eigenvalue weighted by molar-refractivity contribution is 7.92. The standard InChI is InChI=1S/C21H28N2O3S/c1-16(2)26-20-10-12-21(13-11-20)27(24,25)22-18-6-8-19(9-7-18)23-14-4-5-17(3)15-23/h6-13,16-17,22H,4-5,14-15H2,1-3H3. The molecule has 5 nitrogen and oxygen atoms in total. The summed E-state index contributed by atoms with van der Waals surface area (Å²) >= 11 is 0. The zero-order chi connectivity index (χ0) is 19.4. The van der Waals surface area contributed by atoms with Gasteiger partial charge in [0.25, 0.3) is 10.0 Å². The van der Waals surface area contributed by atoms with Gasteiger partial charge in [-0.25, -0.2) is 8.42 Å². The van der Waals surface area contributed by atoms with Crippen molar-refractivity contribution in [3.05, 3.63) is 48.5 Å². The molecule has 2 aromatic rings. The smallest absolute Gasteiger partial charge is 0.261 e. The number of piperidine rings is 1. The minimum Gasteiger partial charge on any atom is -0.491 e. The SMILES string of the molecule is CC1CCCN(c2ccc(NS(=O)(=O)c3ccc(OC(C)C)cc3)cc2)C1. The van der Waals surface area contributed by atoms with Crippen LogP contribution in [0, 0.1) is 5.92 Å². The molecule has 0 aromatic heterocycles. The van der Waals surface area contributed by atoms with Crippen LogP contribution in [0.2, 0.25) is 0 Å². The number of nitrogens with zero attached hydrogens (tertiary/aromatic N) is 1. The van der Waals surface area contributed by atoms with E-state index in [9.17, 15) is 8.42 Å². The summed E-state index contributed by atoms with van der Waals surface area (Å²) in [6, 6.07) is 14.1. The summed E-state index contributed by atoms with van der Waals surface area (Å²) < 4.78 is 33.4. The van der Waals surface area contributed by atoms with Crippen molar-refractivity contribution in [3.8, 4) is 5.75 Å². The molecule has 1 atom stereocenters.